The molecule has 0 saturated carbocycles. The number of benzene rings is 1. The summed E-state index contributed by atoms with van der Waals surface area (Å²) in [7, 11) is 0. The number of nitrogens with one attached hydrogen (secondary N) is 2. The third-order valence-corrected chi connectivity index (χ3v) is 4.46. The lowest BCUT2D eigenvalue weighted by atomic mass is 10.1. The van der Waals surface area contributed by atoms with Crippen molar-refractivity contribution in [1.29, 1.82) is 0 Å². The number of amides is 2. The molecule has 1 aliphatic heterocycles. The first-order valence-electron chi connectivity index (χ1n) is 8.85. The van der Waals surface area contributed by atoms with Crippen molar-refractivity contribution >= 4 is 17.4 Å². The van der Waals surface area contributed by atoms with Crippen molar-refractivity contribution in [3.8, 4) is 0 Å². The minimum absolute atomic E-state index is 0.124. The van der Waals surface area contributed by atoms with E-state index in [1.54, 1.807) is 0 Å². The zero-order valence-corrected chi connectivity index (χ0v) is 14.5. The summed E-state index contributed by atoms with van der Waals surface area (Å²) < 4.78 is 0. The molecule has 0 spiro atoms. The molecule has 0 aromatic heterocycles. The molecular weight excluding hydrogens is 288 g/mol. The number of hydrogen-bond acceptors (Lipinski definition) is 3. The van der Waals surface area contributed by atoms with Crippen LogP contribution in [-0.4, -0.2) is 50.2 Å². The van der Waals surface area contributed by atoms with Gasteiger partial charge in [-0.15, -0.1) is 0 Å². The Morgan fingerprint density at radius 1 is 1.13 bits per heavy atom. The number of piperidine rings is 1. The summed E-state index contributed by atoms with van der Waals surface area (Å²) in [6.45, 7) is 9.99. The van der Waals surface area contributed by atoms with Gasteiger partial charge in [0.15, 0.2) is 0 Å². The summed E-state index contributed by atoms with van der Waals surface area (Å²) in [5.41, 5.74) is 2.03. The van der Waals surface area contributed by atoms with Crippen molar-refractivity contribution in [3.63, 3.8) is 0 Å². The van der Waals surface area contributed by atoms with Gasteiger partial charge in [0.2, 0.25) is 0 Å². The topological polar surface area (TPSA) is 47.6 Å². The lowest BCUT2D eigenvalue weighted by Crippen LogP contribution is -2.37. The molecule has 5 heteroatoms. The molecule has 0 atom stereocenters. The normalized spacial score (nSPS) is 14.8. The first-order chi connectivity index (χ1) is 11.2. The van der Waals surface area contributed by atoms with Gasteiger partial charge in [0, 0.05) is 26.2 Å². The highest BCUT2D eigenvalue weighted by atomic mass is 16.2. The van der Waals surface area contributed by atoms with Gasteiger partial charge < -0.3 is 20.4 Å². The number of rotatable bonds is 7. The van der Waals surface area contributed by atoms with Crippen molar-refractivity contribution < 1.29 is 4.79 Å². The van der Waals surface area contributed by atoms with Gasteiger partial charge in [-0.25, -0.2) is 4.79 Å². The summed E-state index contributed by atoms with van der Waals surface area (Å²) >= 11 is 0. The van der Waals surface area contributed by atoms with Crippen LogP contribution in [0.3, 0.4) is 0 Å². The van der Waals surface area contributed by atoms with E-state index in [0.29, 0.717) is 6.54 Å². The Balaban J connectivity index is 1.88. The van der Waals surface area contributed by atoms with E-state index in [1.807, 2.05) is 18.2 Å². The summed E-state index contributed by atoms with van der Waals surface area (Å²) in [5, 5.41) is 5.96. The van der Waals surface area contributed by atoms with Crippen LogP contribution >= 0.6 is 0 Å². The summed E-state index contributed by atoms with van der Waals surface area (Å²) in [6, 6.07) is 7.96. The molecule has 1 heterocycles. The maximum Gasteiger partial charge on any atom is 0.319 e. The van der Waals surface area contributed by atoms with Crippen LogP contribution in [0, 0.1) is 0 Å². The van der Waals surface area contributed by atoms with Crippen molar-refractivity contribution in [1.82, 2.24) is 10.2 Å². The number of carbonyl (C=O) groups excluding carboxylic acids is 1. The SMILES string of the molecule is CCN(CC)CCNC(=O)Nc1ccccc1N1CCCCC1. The Morgan fingerprint density at radius 3 is 2.52 bits per heavy atom. The van der Waals surface area contributed by atoms with Crippen LogP contribution in [0.25, 0.3) is 0 Å². The lowest BCUT2D eigenvalue weighted by Gasteiger charge is -2.30. The lowest BCUT2D eigenvalue weighted by molar-refractivity contribution is 0.248. The van der Waals surface area contributed by atoms with Crippen LogP contribution in [0.4, 0.5) is 16.2 Å². The molecule has 23 heavy (non-hydrogen) atoms. The number of nitrogens with zero attached hydrogens (tertiary/aromatic N) is 2. The predicted octanol–water partition coefficient (Wildman–Crippen LogP) is 3.14. The van der Waals surface area contributed by atoms with E-state index < -0.39 is 0 Å². The third-order valence-electron chi connectivity index (χ3n) is 4.46. The molecule has 0 radical (unpaired) electrons. The monoisotopic (exact) mass is 318 g/mol. The second kappa shape index (κ2) is 9.40. The highest BCUT2D eigenvalue weighted by Crippen LogP contribution is 2.28. The molecule has 0 bridgehead atoms. The van der Waals surface area contributed by atoms with Crippen molar-refractivity contribution in [2.75, 3.05) is 49.5 Å². The van der Waals surface area contributed by atoms with Gasteiger partial charge in [-0.3, -0.25) is 0 Å². The number of anilines is 2. The zero-order chi connectivity index (χ0) is 16.5. The minimum Gasteiger partial charge on any atom is -0.370 e. The van der Waals surface area contributed by atoms with Crippen molar-refractivity contribution in [2.24, 2.45) is 0 Å². The molecule has 0 aliphatic carbocycles. The molecule has 128 valence electrons. The molecule has 2 amide bonds. The molecule has 1 saturated heterocycles. The van der Waals surface area contributed by atoms with Gasteiger partial charge in [0.1, 0.15) is 0 Å². The first kappa shape index (κ1) is 17.6. The molecule has 0 unspecified atom stereocenters. The molecule has 1 fully saturated rings. The van der Waals surface area contributed by atoms with E-state index >= 15 is 0 Å². The quantitative estimate of drug-likeness (QED) is 0.812. The highest BCUT2D eigenvalue weighted by Gasteiger charge is 2.15. The standard InChI is InChI=1S/C18H30N4O/c1-3-21(4-2)15-12-19-18(23)20-16-10-6-7-11-17(16)22-13-8-5-9-14-22/h6-7,10-11H,3-5,8-9,12-15H2,1-2H3,(H2,19,20,23). The average molecular weight is 318 g/mol. The summed E-state index contributed by atoms with van der Waals surface area (Å²) in [4.78, 5) is 16.8. The van der Waals surface area contributed by atoms with E-state index in [2.05, 4.69) is 40.3 Å². The smallest absolute Gasteiger partial charge is 0.319 e. The highest BCUT2D eigenvalue weighted by molar-refractivity contribution is 5.93. The van der Waals surface area contributed by atoms with Gasteiger partial charge in [0.05, 0.1) is 11.4 Å². The second-order valence-electron chi connectivity index (χ2n) is 5.97. The zero-order valence-electron chi connectivity index (χ0n) is 14.5. The number of urea groups is 1. The van der Waals surface area contributed by atoms with Gasteiger partial charge in [0.25, 0.3) is 0 Å². The maximum absolute atomic E-state index is 12.1. The number of hydrogen-bond donors (Lipinski definition) is 2. The second-order valence-corrected chi connectivity index (χ2v) is 5.97. The van der Waals surface area contributed by atoms with Crippen LogP contribution in [0.15, 0.2) is 24.3 Å². The molecule has 1 aromatic carbocycles. The van der Waals surface area contributed by atoms with Crippen LogP contribution in [0.2, 0.25) is 0 Å². The molecule has 2 N–H and O–H groups in total. The predicted molar refractivity (Wildman–Crippen MR) is 97.3 cm³/mol. The van der Waals surface area contributed by atoms with Crippen LogP contribution in [-0.2, 0) is 0 Å². The molecule has 2 rings (SSSR count). The van der Waals surface area contributed by atoms with Crippen LogP contribution in [0.1, 0.15) is 33.1 Å². The van der Waals surface area contributed by atoms with Crippen LogP contribution in [0.5, 0.6) is 0 Å². The van der Waals surface area contributed by atoms with Gasteiger partial charge in [-0.1, -0.05) is 26.0 Å². The Bertz CT molecular complexity index is 482. The Hall–Kier alpha value is -1.75. The fourth-order valence-corrected chi connectivity index (χ4v) is 3.02. The fraction of sp³-hybridized carbons (Fsp3) is 0.611. The largest absolute Gasteiger partial charge is 0.370 e. The minimum atomic E-state index is -0.124. The Kier molecular flexibility index (Phi) is 7.20. The number of carbonyl (C=O) groups is 1. The maximum atomic E-state index is 12.1. The molecule has 1 aliphatic rings. The average Bonchev–Trinajstić information content (AvgIpc) is 2.60. The van der Waals surface area contributed by atoms with Gasteiger partial charge in [-0.05, 0) is 44.5 Å². The van der Waals surface area contributed by atoms with Gasteiger partial charge >= 0.3 is 6.03 Å². The van der Waals surface area contributed by atoms with E-state index in [9.17, 15) is 4.79 Å². The molecule has 5 nitrogen and oxygen atoms in total. The third kappa shape index (κ3) is 5.43. The Morgan fingerprint density at radius 2 is 1.83 bits per heavy atom. The Labute approximate surface area is 140 Å². The number of para-hydroxylation sites is 2. The first-order valence-corrected chi connectivity index (χ1v) is 8.85. The summed E-state index contributed by atoms with van der Waals surface area (Å²) in [5.74, 6) is 0. The number of likely N-dealkylation sites (N-methyl/N-ethyl adjacent to an activating group) is 1. The van der Waals surface area contributed by atoms with E-state index in [4.69, 9.17) is 0 Å². The van der Waals surface area contributed by atoms with Crippen molar-refractivity contribution in [3.05, 3.63) is 24.3 Å². The fourth-order valence-electron chi connectivity index (χ4n) is 3.02. The van der Waals surface area contributed by atoms with Gasteiger partial charge in [-0.2, -0.15) is 0 Å². The van der Waals surface area contributed by atoms with E-state index in [0.717, 1.165) is 44.1 Å². The van der Waals surface area contributed by atoms with E-state index in [-0.39, 0.29) is 6.03 Å². The molecule has 1 aromatic rings. The van der Waals surface area contributed by atoms with Crippen LogP contribution < -0.4 is 15.5 Å². The summed E-state index contributed by atoms with van der Waals surface area (Å²) in [6.07, 6.45) is 3.76. The molecular formula is C18H30N4O. The van der Waals surface area contributed by atoms with E-state index in [1.165, 1.54) is 19.3 Å². The van der Waals surface area contributed by atoms with Crippen molar-refractivity contribution in [2.45, 2.75) is 33.1 Å².